The van der Waals surface area contributed by atoms with Crippen molar-refractivity contribution < 1.29 is 23.1 Å². The van der Waals surface area contributed by atoms with Crippen LogP contribution in [0.3, 0.4) is 0 Å². The number of alkyl halides is 3. The Bertz CT molecular complexity index is 1090. The first-order chi connectivity index (χ1) is 13.5. The van der Waals surface area contributed by atoms with Gasteiger partial charge < -0.3 is 15.7 Å². The Balaban J connectivity index is 1.79. The molecule has 3 aromatic rings. The third-order valence-electron chi connectivity index (χ3n) is 3.97. The molecular formula is C18H14ClF3N4O2S. The SMILES string of the molecule is Cc1ccc(O)c(C)c1NC(=O)c1cnc(Nc2cc(C(F)(F)F)cc(Cl)n2)s1. The number of pyridine rings is 1. The molecule has 152 valence electrons. The van der Waals surface area contributed by atoms with E-state index in [9.17, 15) is 23.1 Å². The van der Waals surface area contributed by atoms with E-state index in [1.807, 2.05) is 0 Å². The monoisotopic (exact) mass is 442 g/mol. The molecule has 0 atom stereocenters. The van der Waals surface area contributed by atoms with Crippen molar-refractivity contribution in [3.8, 4) is 5.75 Å². The van der Waals surface area contributed by atoms with Crippen molar-refractivity contribution in [2.24, 2.45) is 0 Å². The standard InChI is InChI=1S/C18H14ClF3N4O2S/c1-8-3-4-11(27)9(2)15(8)26-16(28)12-7-23-17(29-12)25-14-6-10(18(20,21)22)5-13(19)24-14/h3-7,27H,1-2H3,(H,26,28)(H,23,24,25). The van der Waals surface area contributed by atoms with Crippen molar-refractivity contribution >= 4 is 45.5 Å². The first-order valence-electron chi connectivity index (χ1n) is 8.12. The lowest BCUT2D eigenvalue weighted by atomic mass is 10.1. The van der Waals surface area contributed by atoms with E-state index in [0.717, 1.165) is 23.0 Å². The van der Waals surface area contributed by atoms with Gasteiger partial charge in [-0.3, -0.25) is 4.79 Å². The lowest BCUT2D eigenvalue weighted by molar-refractivity contribution is -0.137. The average molecular weight is 443 g/mol. The number of phenolic OH excluding ortho intramolecular Hbond substituents is 1. The second kappa shape index (κ2) is 7.88. The topological polar surface area (TPSA) is 87.1 Å². The zero-order chi connectivity index (χ0) is 21.3. The summed E-state index contributed by atoms with van der Waals surface area (Å²) in [6.07, 6.45) is -3.29. The van der Waals surface area contributed by atoms with Crippen LogP contribution in [0.25, 0.3) is 0 Å². The van der Waals surface area contributed by atoms with Gasteiger partial charge in [-0.05, 0) is 37.6 Å². The van der Waals surface area contributed by atoms with Crippen molar-refractivity contribution in [2.45, 2.75) is 20.0 Å². The number of carbonyl (C=O) groups excluding carboxylic acids is 1. The molecule has 0 fully saturated rings. The molecule has 11 heteroatoms. The number of phenols is 1. The number of aromatic hydroxyl groups is 1. The maximum atomic E-state index is 12.9. The summed E-state index contributed by atoms with van der Waals surface area (Å²) in [5.41, 5.74) is 0.803. The molecule has 0 aliphatic carbocycles. The number of nitrogens with zero attached hydrogens (tertiary/aromatic N) is 2. The zero-order valence-electron chi connectivity index (χ0n) is 15.1. The summed E-state index contributed by atoms with van der Waals surface area (Å²) in [5.74, 6) is -0.571. The Morgan fingerprint density at radius 1 is 1.24 bits per heavy atom. The van der Waals surface area contributed by atoms with E-state index < -0.39 is 17.6 Å². The minimum absolute atomic E-state index is 0.0464. The van der Waals surface area contributed by atoms with Crippen molar-refractivity contribution in [1.29, 1.82) is 0 Å². The molecule has 3 N–H and O–H groups in total. The molecule has 0 saturated heterocycles. The fourth-order valence-corrected chi connectivity index (χ4v) is 3.40. The second-order valence-corrected chi connectivity index (χ2v) is 7.49. The lowest BCUT2D eigenvalue weighted by Crippen LogP contribution is -2.12. The molecule has 0 aliphatic heterocycles. The van der Waals surface area contributed by atoms with Gasteiger partial charge in [0, 0.05) is 5.56 Å². The Hall–Kier alpha value is -2.85. The highest BCUT2D eigenvalue weighted by Gasteiger charge is 2.31. The predicted molar refractivity (Wildman–Crippen MR) is 105 cm³/mol. The van der Waals surface area contributed by atoms with Crippen LogP contribution in [0.2, 0.25) is 5.15 Å². The molecule has 2 heterocycles. The summed E-state index contributed by atoms with van der Waals surface area (Å²) >= 11 is 6.59. The van der Waals surface area contributed by atoms with E-state index in [0.29, 0.717) is 17.3 Å². The number of aromatic nitrogens is 2. The van der Waals surface area contributed by atoms with E-state index in [-0.39, 0.29) is 26.7 Å². The van der Waals surface area contributed by atoms with Crippen LogP contribution in [0.5, 0.6) is 5.75 Å². The fourth-order valence-electron chi connectivity index (χ4n) is 2.47. The van der Waals surface area contributed by atoms with Crippen LogP contribution >= 0.6 is 22.9 Å². The number of aryl methyl sites for hydroxylation is 1. The Labute approximate surface area is 172 Å². The van der Waals surface area contributed by atoms with Crippen molar-refractivity contribution in [2.75, 3.05) is 10.6 Å². The molecule has 0 unspecified atom stereocenters. The summed E-state index contributed by atoms with van der Waals surface area (Å²) in [4.78, 5) is 20.5. The molecule has 6 nitrogen and oxygen atoms in total. The van der Waals surface area contributed by atoms with Gasteiger partial charge >= 0.3 is 6.18 Å². The summed E-state index contributed by atoms with van der Waals surface area (Å²) in [7, 11) is 0. The van der Waals surface area contributed by atoms with Crippen molar-refractivity contribution in [3.63, 3.8) is 0 Å². The summed E-state index contributed by atoms with van der Waals surface area (Å²) < 4.78 is 38.7. The summed E-state index contributed by atoms with van der Waals surface area (Å²) in [6.45, 7) is 3.45. The van der Waals surface area contributed by atoms with Crippen LogP contribution < -0.4 is 10.6 Å². The van der Waals surface area contributed by atoms with E-state index in [4.69, 9.17) is 11.6 Å². The average Bonchev–Trinajstić information content (AvgIpc) is 3.09. The van der Waals surface area contributed by atoms with E-state index in [1.54, 1.807) is 19.9 Å². The fraction of sp³-hybridized carbons (Fsp3) is 0.167. The molecule has 0 radical (unpaired) electrons. The number of carbonyl (C=O) groups is 1. The molecule has 0 bridgehead atoms. The third-order valence-corrected chi connectivity index (χ3v) is 5.07. The van der Waals surface area contributed by atoms with Gasteiger partial charge in [0.2, 0.25) is 0 Å². The van der Waals surface area contributed by atoms with Crippen LogP contribution in [0.4, 0.5) is 29.8 Å². The number of anilines is 3. The van der Waals surface area contributed by atoms with Gasteiger partial charge in [0.05, 0.1) is 17.4 Å². The van der Waals surface area contributed by atoms with E-state index in [2.05, 4.69) is 20.6 Å². The first kappa shape index (κ1) is 20.9. The molecule has 1 aromatic carbocycles. The third kappa shape index (κ3) is 4.77. The lowest BCUT2D eigenvalue weighted by Gasteiger charge is -2.12. The van der Waals surface area contributed by atoms with Gasteiger partial charge in [0.25, 0.3) is 5.91 Å². The van der Waals surface area contributed by atoms with Gasteiger partial charge in [-0.1, -0.05) is 29.0 Å². The van der Waals surface area contributed by atoms with Gasteiger partial charge in [-0.2, -0.15) is 13.2 Å². The summed E-state index contributed by atoms with van der Waals surface area (Å²) in [6, 6.07) is 4.71. The maximum Gasteiger partial charge on any atom is 0.416 e. The smallest absolute Gasteiger partial charge is 0.416 e. The molecule has 29 heavy (non-hydrogen) atoms. The Kier molecular flexibility index (Phi) is 5.67. The largest absolute Gasteiger partial charge is 0.508 e. The maximum absolute atomic E-state index is 12.9. The van der Waals surface area contributed by atoms with Gasteiger partial charge in [-0.25, -0.2) is 9.97 Å². The number of halogens is 4. The van der Waals surface area contributed by atoms with Crippen LogP contribution in [-0.4, -0.2) is 21.0 Å². The molecule has 0 spiro atoms. The van der Waals surface area contributed by atoms with Crippen molar-refractivity contribution in [3.05, 3.63) is 57.2 Å². The first-order valence-corrected chi connectivity index (χ1v) is 9.32. The summed E-state index contributed by atoms with van der Waals surface area (Å²) in [5, 5.41) is 15.0. The minimum Gasteiger partial charge on any atom is -0.508 e. The quantitative estimate of drug-likeness (QED) is 0.462. The number of amides is 1. The molecule has 0 aliphatic rings. The normalized spacial score (nSPS) is 11.4. The predicted octanol–water partition coefficient (Wildman–Crippen LogP) is 5.53. The van der Waals surface area contributed by atoms with E-state index >= 15 is 0 Å². The Morgan fingerprint density at radius 2 is 1.97 bits per heavy atom. The number of nitrogens with one attached hydrogen (secondary N) is 2. The van der Waals surface area contributed by atoms with Crippen molar-refractivity contribution in [1.82, 2.24) is 9.97 Å². The number of thiazole rings is 1. The van der Waals surface area contributed by atoms with E-state index in [1.165, 1.54) is 12.3 Å². The van der Waals surface area contributed by atoms with Crippen LogP contribution in [0, 0.1) is 13.8 Å². The highest BCUT2D eigenvalue weighted by Crippen LogP contribution is 2.33. The second-order valence-electron chi connectivity index (χ2n) is 6.07. The molecule has 0 saturated carbocycles. The van der Waals surface area contributed by atoms with Crippen LogP contribution in [-0.2, 0) is 6.18 Å². The number of hydrogen-bond donors (Lipinski definition) is 3. The number of rotatable bonds is 4. The van der Waals surface area contributed by atoms with Gasteiger partial charge in [0.15, 0.2) is 5.13 Å². The highest BCUT2D eigenvalue weighted by atomic mass is 35.5. The zero-order valence-corrected chi connectivity index (χ0v) is 16.6. The molecule has 1 amide bonds. The highest BCUT2D eigenvalue weighted by molar-refractivity contribution is 7.17. The van der Waals surface area contributed by atoms with Crippen LogP contribution in [0.1, 0.15) is 26.4 Å². The van der Waals surface area contributed by atoms with Gasteiger partial charge in [0.1, 0.15) is 21.6 Å². The Morgan fingerprint density at radius 3 is 2.66 bits per heavy atom. The molecule has 2 aromatic heterocycles. The van der Waals surface area contributed by atoms with Gasteiger partial charge in [-0.15, -0.1) is 0 Å². The van der Waals surface area contributed by atoms with Crippen LogP contribution in [0.15, 0.2) is 30.5 Å². The molecular weight excluding hydrogens is 429 g/mol. The number of hydrogen-bond acceptors (Lipinski definition) is 6. The number of benzene rings is 1. The minimum atomic E-state index is -4.58. The molecule has 3 rings (SSSR count).